The number of anilines is 1. The van der Waals surface area contributed by atoms with Crippen LogP contribution in [0.3, 0.4) is 0 Å². The van der Waals surface area contributed by atoms with E-state index in [1.807, 2.05) is 54.3 Å². The van der Waals surface area contributed by atoms with Gasteiger partial charge in [-0.15, -0.1) is 0 Å². The highest BCUT2D eigenvalue weighted by molar-refractivity contribution is 5.94. The number of nitrogens with two attached hydrogens (primary N) is 1. The quantitative estimate of drug-likeness (QED) is 0.900. The molecule has 0 unspecified atom stereocenters. The number of carbonyl (C=O) groups excluding carboxylic acids is 1. The van der Waals surface area contributed by atoms with E-state index in [2.05, 4.69) is 9.88 Å². The molecule has 2 N–H and O–H groups in total. The molecule has 1 saturated heterocycles. The Kier molecular flexibility index (Phi) is 5.50. The van der Waals surface area contributed by atoms with E-state index >= 15 is 0 Å². The standard InChI is InChI=1S/C19H24N4O2/c1-2-25-18-5-3-4-17(21-18)22-10-12-23(13-11-22)19(24)16-8-6-15(14-20)7-9-16/h3-9H,2,10-14,20H2,1H3. The largest absolute Gasteiger partial charge is 0.478 e. The predicted molar refractivity (Wildman–Crippen MR) is 97.9 cm³/mol. The molecular formula is C19H24N4O2. The molecule has 2 heterocycles. The lowest BCUT2D eigenvalue weighted by atomic mass is 10.1. The highest BCUT2D eigenvalue weighted by atomic mass is 16.5. The van der Waals surface area contributed by atoms with E-state index in [1.54, 1.807) is 0 Å². The van der Waals surface area contributed by atoms with Gasteiger partial charge in [0.25, 0.3) is 5.91 Å². The summed E-state index contributed by atoms with van der Waals surface area (Å²) in [7, 11) is 0. The molecule has 1 aromatic carbocycles. The molecule has 2 aromatic rings. The summed E-state index contributed by atoms with van der Waals surface area (Å²) in [5, 5.41) is 0. The van der Waals surface area contributed by atoms with Crippen molar-refractivity contribution in [3.63, 3.8) is 0 Å². The monoisotopic (exact) mass is 340 g/mol. The molecule has 0 bridgehead atoms. The van der Waals surface area contributed by atoms with Crippen LogP contribution in [0.1, 0.15) is 22.8 Å². The Bertz CT molecular complexity index is 710. The molecule has 1 fully saturated rings. The first-order valence-electron chi connectivity index (χ1n) is 8.64. The van der Waals surface area contributed by atoms with Gasteiger partial charge < -0.3 is 20.3 Å². The first-order valence-corrected chi connectivity index (χ1v) is 8.64. The van der Waals surface area contributed by atoms with Crippen LogP contribution in [0.25, 0.3) is 0 Å². The molecule has 0 atom stereocenters. The van der Waals surface area contributed by atoms with Crippen molar-refractivity contribution in [2.24, 2.45) is 5.73 Å². The number of rotatable bonds is 5. The average molecular weight is 340 g/mol. The maximum atomic E-state index is 12.6. The molecule has 6 nitrogen and oxygen atoms in total. The lowest BCUT2D eigenvalue weighted by Gasteiger charge is -2.35. The maximum Gasteiger partial charge on any atom is 0.253 e. The number of pyridine rings is 1. The van der Waals surface area contributed by atoms with Crippen LogP contribution in [-0.2, 0) is 6.54 Å². The minimum atomic E-state index is 0.0687. The Hall–Kier alpha value is -2.60. The topological polar surface area (TPSA) is 71.7 Å². The van der Waals surface area contributed by atoms with Crippen molar-refractivity contribution in [3.05, 3.63) is 53.6 Å². The lowest BCUT2D eigenvalue weighted by Crippen LogP contribution is -2.49. The SMILES string of the molecule is CCOc1cccc(N2CCN(C(=O)c3ccc(CN)cc3)CC2)n1. The van der Waals surface area contributed by atoms with Crippen LogP contribution in [0, 0.1) is 0 Å². The summed E-state index contributed by atoms with van der Waals surface area (Å²) < 4.78 is 5.46. The number of hydrogen-bond donors (Lipinski definition) is 1. The predicted octanol–water partition coefficient (Wildman–Crippen LogP) is 1.90. The second kappa shape index (κ2) is 7.98. The van der Waals surface area contributed by atoms with E-state index in [-0.39, 0.29) is 5.91 Å². The fraction of sp³-hybridized carbons (Fsp3) is 0.368. The molecule has 132 valence electrons. The fourth-order valence-electron chi connectivity index (χ4n) is 2.91. The summed E-state index contributed by atoms with van der Waals surface area (Å²) in [6.45, 7) is 5.90. The summed E-state index contributed by atoms with van der Waals surface area (Å²) >= 11 is 0. The normalized spacial score (nSPS) is 14.5. The number of benzene rings is 1. The van der Waals surface area contributed by atoms with Crippen LogP contribution in [0.2, 0.25) is 0 Å². The zero-order valence-corrected chi connectivity index (χ0v) is 14.5. The zero-order valence-electron chi connectivity index (χ0n) is 14.5. The Morgan fingerprint density at radius 2 is 1.84 bits per heavy atom. The molecule has 1 aromatic heterocycles. The van der Waals surface area contributed by atoms with Crippen LogP contribution in [-0.4, -0.2) is 48.6 Å². The molecule has 0 radical (unpaired) electrons. The van der Waals surface area contributed by atoms with Gasteiger partial charge in [-0.1, -0.05) is 18.2 Å². The summed E-state index contributed by atoms with van der Waals surface area (Å²) in [5.74, 6) is 1.60. The summed E-state index contributed by atoms with van der Waals surface area (Å²) in [5.41, 5.74) is 7.34. The Morgan fingerprint density at radius 3 is 2.48 bits per heavy atom. The van der Waals surface area contributed by atoms with Gasteiger partial charge >= 0.3 is 0 Å². The molecule has 0 spiro atoms. The van der Waals surface area contributed by atoms with Gasteiger partial charge in [-0.2, -0.15) is 4.98 Å². The minimum Gasteiger partial charge on any atom is -0.478 e. The number of carbonyl (C=O) groups is 1. The van der Waals surface area contributed by atoms with Gasteiger partial charge in [-0.3, -0.25) is 4.79 Å². The maximum absolute atomic E-state index is 12.6. The third-order valence-electron chi connectivity index (χ3n) is 4.33. The van der Waals surface area contributed by atoms with Crippen molar-refractivity contribution in [1.29, 1.82) is 0 Å². The molecule has 6 heteroatoms. The van der Waals surface area contributed by atoms with Crippen molar-refractivity contribution in [3.8, 4) is 5.88 Å². The van der Waals surface area contributed by atoms with E-state index in [9.17, 15) is 4.79 Å². The van der Waals surface area contributed by atoms with Crippen LogP contribution in [0.5, 0.6) is 5.88 Å². The number of piperazine rings is 1. The van der Waals surface area contributed by atoms with Crippen molar-refractivity contribution in [1.82, 2.24) is 9.88 Å². The van der Waals surface area contributed by atoms with Crippen molar-refractivity contribution < 1.29 is 9.53 Å². The average Bonchev–Trinajstić information content (AvgIpc) is 2.68. The highest BCUT2D eigenvalue weighted by Gasteiger charge is 2.23. The summed E-state index contributed by atoms with van der Waals surface area (Å²) in [6, 6.07) is 13.3. The molecule has 1 aliphatic rings. The van der Waals surface area contributed by atoms with Crippen molar-refractivity contribution in [2.75, 3.05) is 37.7 Å². The molecule has 0 saturated carbocycles. The van der Waals surface area contributed by atoms with Gasteiger partial charge in [-0.05, 0) is 30.7 Å². The molecule has 1 aliphatic heterocycles. The number of amides is 1. The lowest BCUT2D eigenvalue weighted by molar-refractivity contribution is 0.0746. The Morgan fingerprint density at radius 1 is 1.12 bits per heavy atom. The van der Waals surface area contributed by atoms with E-state index < -0.39 is 0 Å². The smallest absolute Gasteiger partial charge is 0.253 e. The van der Waals surface area contributed by atoms with Crippen LogP contribution in [0.4, 0.5) is 5.82 Å². The van der Waals surface area contributed by atoms with Gasteiger partial charge in [0.1, 0.15) is 5.82 Å². The number of hydrogen-bond acceptors (Lipinski definition) is 5. The van der Waals surface area contributed by atoms with Gasteiger partial charge in [0.05, 0.1) is 6.61 Å². The summed E-state index contributed by atoms with van der Waals surface area (Å²) in [6.07, 6.45) is 0. The van der Waals surface area contributed by atoms with Crippen molar-refractivity contribution in [2.45, 2.75) is 13.5 Å². The number of aromatic nitrogens is 1. The van der Waals surface area contributed by atoms with E-state index in [0.717, 1.165) is 24.5 Å². The van der Waals surface area contributed by atoms with Crippen molar-refractivity contribution >= 4 is 11.7 Å². The number of ether oxygens (including phenoxy) is 1. The van der Waals surface area contributed by atoms with Gasteiger partial charge in [0, 0.05) is 44.4 Å². The first kappa shape index (κ1) is 17.2. The third kappa shape index (κ3) is 4.09. The van der Waals surface area contributed by atoms with E-state index in [1.165, 1.54) is 0 Å². The minimum absolute atomic E-state index is 0.0687. The fourth-order valence-corrected chi connectivity index (χ4v) is 2.91. The molecule has 0 aliphatic carbocycles. The number of nitrogens with zero attached hydrogens (tertiary/aromatic N) is 3. The molecular weight excluding hydrogens is 316 g/mol. The Balaban J connectivity index is 1.61. The summed E-state index contributed by atoms with van der Waals surface area (Å²) in [4.78, 5) is 21.2. The first-order chi connectivity index (χ1) is 12.2. The zero-order chi connectivity index (χ0) is 17.6. The van der Waals surface area contributed by atoms with Crippen LogP contribution >= 0.6 is 0 Å². The molecule has 1 amide bonds. The molecule has 3 rings (SSSR count). The van der Waals surface area contributed by atoms with Crippen LogP contribution < -0.4 is 15.4 Å². The highest BCUT2D eigenvalue weighted by Crippen LogP contribution is 2.18. The Labute approximate surface area is 148 Å². The second-order valence-electron chi connectivity index (χ2n) is 5.95. The van der Waals surface area contributed by atoms with Gasteiger partial charge in [0.2, 0.25) is 5.88 Å². The van der Waals surface area contributed by atoms with E-state index in [4.69, 9.17) is 10.5 Å². The third-order valence-corrected chi connectivity index (χ3v) is 4.33. The van der Waals surface area contributed by atoms with Gasteiger partial charge in [-0.25, -0.2) is 0 Å². The van der Waals surface area contributed by atoms with E-state index in [0.29, 0.717) is 37.7 Å². The molecule has 25 heavy (non-hydrogen) atoms. The second-order valence-corrected chi connectivity index (χ2v) is 5.95. The van der Waals surface area contributed by atoms with Crippen LogP contribution in [0.15, 0.2) is 42.5 Å². The van der Waals surface area contributed by atoms with Gasteiger partial charge in [0.15, 0.2) is 0 Å².